The molecule has 1 amide bonds. The highest BCUT2D eigenvalue weighted by Crippen LogP contribution is 2.25. The van der Waals surface area contributed by atoms with Gasteiger partial charge >= 0.3 is 6.09 Å². The number of amides is 1. The molecule has 1 saturated heterocycles. The molecular formula is C17H27N3O2. The molecule has 0 radical (unpaired) electrons. The first-order valence-corrected chi connectivity index (χ1v) is 7.85. The van der Waals surface area contributed by atoms with E-state index in [1.54, 1.807) is 4.90 Å². The van der Waals surface area contributed by atoms with E-state index < -0.39 is 5.60 Å². The van der Waals surface area contributed by atoms with Crippen LogP contribution < -0.4 is 10.6 Å². The van der Waals surface area contributed by atoms with Gasteiger partial charge in [0, 0.05) is 26.2 Å². The normalized spacial score (nSPS) is 16.4. The highest BCUT2D eigenvalue weighted by molar-refractivity contribution is 5.70. The first-order valence-electron chi connectivity index (χ1n) is 7.85. The van der Waals surface area contributed by atoms with Crippen molar-refractivity contribution in [3.63, 3.8) is 0 Å². The third-order valence-electron chi connectivity index (χ3n) is 3.67. The number of nitrogens with two attached hydrogens (primary N) is 1. The number of benzene rings is 1. The molecule has 122 valence electrons. The fourth-order valence-electron chi connectivity index (χ4n) is 2.63. The lowest BCUT2D eigenvalue weighted by Gasteiger charge is -2.27. The number of anilines is 2. The molecule has 0 atom stereocenters. The Morgan fingerprint density at radius 1 is 1.18 bits per heavy atom. The van der Waals surface area contributed by atoms with Gasteiger partial charge in [0.05, 0.1) is 11.4 Å². The van der Waals surface area contributed by atoms with Crippen molar-refractivity contribution in [2.75, 3.05) is 36.8 Å². The van der Waals surface area contributed by atoms with Crippen LogP contribution in [0.3, 0.4) is 0 Å². The zero-order chi connectivity index (χ0) is 16.3. The van der Waals surface area contributed by atoms with Gasteiger partial charge in [-0.1, -0.05) is 6.07 Å². The average Bonchev–Trinajstić information content (AvgIpc) is 2.62. The molecule has 2 N–H and O–H groups in total. The molecular weight excluding hydrogens is 278 g/mol. The first-order chi connectivity index (χ1) is 10.3. The number of ether oxygens (including phenoxy) is 1. The molecule has 22 heavy (non-hydrogen) atoms. The van der Waals surface area contributed by atoms with Crippen LogP contribution in [-0.4, -0.2) is 42.8 Å². The van der Waals surface area contributed by atoms with Crippen LogP contribution in [0, 0.1) is 6.92 Å². The highest BCUT2D eigenvalue weighted by Gasteiger charge is 2.24. The Kier molecular flexibility index (Phi) is 4.84. The SMILES string of the molecule is Cc1ccc(N2CCCN(C(=O)OC(C)(C)C)CC2)c(N)c1. The van der Waals surface area contributed by atoms with Gasteiger partial charge < -0.3 is 20.3 Å². The van der Waals surface area contributed by atoms with Crippen LogP contribution in [0.15, 0.2) is 18.2 Å². The van der Waals surface area contributed by atoms with Crippen molar-refractivity contribution in [2.24, 2.45) is 0 Å². The van der Waals surface area contributed by atoms with Crippen LogP contribution in [0.25, 0.3) is 0 Å². The Labute approximate surface area is 133 Å². The number of nitrogens with zero attached hydrogens (tertiary/aromatic N) is 2. The molecule has 1 aliphatic heterocycles. The lowest BCUT2D eigenvalue weighted by molar-refractivity contribution is 0.0263. The Morgan fingerprint density at radius 2 is 1.91 bits per heavy atom. The maximum absolute atomic E-state index is 12.2. The number of rotatable bonds is 1. The number of carbonyl (C=O) groups excluding carboxylic acids is 1. The number of hydrogen-bond donors (Lipinski definition) is 1. The van der Waals surface area contributed by atoms with E-state index in [9.17, 15) is 4.79 Å². The van der Waals surface area contributed by atoms with Gasteiger partial charge in [-0.05, 0) is 51.8 Å². The smallest absolute Gasteiger partial charge is 0.410 e. The molecule has 1 aromatic rings. The van der Waals surface area contributed by atoms with Crippen molar-refractivity contribution >= 4 is 17.5 Å². The summed E-state index contributed by atoms with van der Waals surface area (Å²) in [5, 5.41) is 0. The molecule has 0 bridgehead atoms. The van der Waals surface area contributed by atoms with Gasteiger partial charge in [0.2, 0.25) is 0 Å². The Morgan fingerprint density at radius 3 is 2.55 bits per heavy atom. The van der Waals surface area contributed by atoms with E-state index in [-0.39, 0.29) is 6.09 Å². The van der Waals surface area contributed by atoms with Crippen molar-refractivity contribution in [3.05, 3.63) is 23.8 Å². The van der Waals surface area contributed by atoms with E-state index in [1.807, 2.05) is 33.8 Å². The Hall–Kier alpha value is -1.91. The largest absolute Gasteiger partial charge is 0.444 e. The minimum Gasteiger partial charge on any atom is -0.444 e. The summed E-state index contributed by atoms with van der Waals surface area (Å²) in [6, 6.07) is 6.13. The zero-order valence-electron chi connectivity index (χ0n) is 14.1. The molecule has 1 aromatic carbocycles. The van der Waals surface area contributed by atoms with Gasteiger partial charge in [-0.15, -0.1) is 0 Å². The van der Waals surface area contributed by atoms with Gasteiger partial charge in [-0.3, -0.25) is 0 Å². The summed E-state index contributed by atoms with van der Waals surface area (Å²) in [6.07, 6.45) is 0.679. The minimum absolute atomic E-state index is 0.230. The summed E-state index contributed by atoms with van der Waals surface area (Å²) >= 11 is 0. The molecule has 0 aromatic heterocycles. The summed E-state index contributed by atoms with van der Waals surface area (Å²) < 4.78 is 5.46. The average molecular weight is 305 g/mol. The summed E-state index contributed by atoms with van der Waals surface area (Å²) in [5.74, 6) is 0. The Bertz CT molecular complexity index is 537. The lowest BCUT2D eigenvalue weighted by atomic mass is 10.1. The van der Waals surface area contributed by atoms with E-state index >= 15 is 0 Å². The maximum atomic E-state index is 12.2. The molecule has 0 unspecified atom stereocenters. The lowest BCUT2D eigenvalue weighted by Crippen LogP contribution is -2.39. The monoisotopic (exact) mass is 305 g/mol. The molecule has 0 aliphatic carbocycles. The Balaban J connectivity index is 2.02. The van der Waals surface area contributed by atoms with Gasteiger partial charge in [-0.2, -0.15) is 0 Å². The van der Waals surface area contributed by atoms with Crippen molar-refractivity contribution in [3.8, 4) is 0 Å². The fourth-order valence-corrected chi connectivity index (χ4v) is 2.63. The van der Waals surface area contributed by atoms with Gasteiger partial charge in [0.1, 0.15) is 5.60 Å². The highest BCUT2D eigenvalue weighted by atomic mass is 16.6. The predicted octanol–water partition coefficient (Wildman–Crippen LogP) is 3.02. The molecule has 5 nitrogen and oxygen atoms in total. The minimum atomic E-state index is -0.454. The molecule has 5 heteroatoms. The summed E-state index contributed by atoms with van der Waals surface area (Å²) in [4.78, 5) is 16.2. The molecule has 1 aliphatic rings. The van der Waals surface area contributed by atoms with Crippen LogP contribution >= 0.6 is 0 Å². The third kappa shape index (κ3) is 4.29. The van der Waals surface area contributed by atoms with E-state index in [0.717, 1.165) is 43.0 Å². The van der Waals surface area contributed by atoms with E-state index in [0.29, 0.717) is 6.54 Å². The molecule has 2 rings (SSSR count). The van der Waals surface area contributed by atoms with Crippen molar-refractivity contribution in [1.29, 1.82) is 0 Å². The third-order valence-corrected chi connectivity index (χ3v) is 3.67. The number of nitrogen functional groups attached to an aromatic ring is 1. The van der Waals surface area contributed by atoms with E-state index in [4.69, 9.17) is 10.5 Å². The van der Waals surface area contributed by atoms with Crippen molar-refractivity contribution in [2.45, 2.75) is 39.7 Å². The van der Waals surface area contributed by atoms with Crippen LogP contribution in [-0.2, 0) is 4.74 Å². The van der Waals surface area contributed by atoms with Crippen LogP contribution in [0.2, 0.25) is 0 Å². The molecule has 1 heterocycles. The zero-order valence-corrected chi connectivity index (χ0v) is 14.1. The molecule has 1 fully saturated rings. The van der Waals surface area contributed by atoms with Crippen molar-refractivity contribution < 1.29 is 9.53 Å². The quantitative estimate of drug-likeness (QED) is 0.810. The van der Waals surface area contributed by atoms with Crippen LogP contribution in [0.1, 0.15) is 32.8 Å². The summed E-state index contributed by atoms with van der Waals surface area (Å²) in [5.41, 5.74) is 8.69. The van der Waals surface area contributed by atoms with Gasteiger partial charge in [0.25, 0.3) is 0 Å². The van der Waals surface area contributed by atoms with Crippen LogP contribution in [0.4, 0.5) is 16.2 Å². The number of hydrogen-bond acceptors (Lipinski definition) is 4. The maximum Gasteiger partial charge on any atom is 0.410 e. The predicted molar refractivity (Wildman–Crippen MR) is 90.2 cm³/mol. The standard InChI is InChI=1S/C17H27N3O2/c1-13-6-7-15(14(18)12-13)19-8-5-9-20(11-10-19)16(21)22-17(2,3)4/h6-7,12H,5,8-11,18H2,1-4H3. The second kappa shape index (κ2) is 6.46. The second-order valence-corrected chi connectivity index (χ2v) is 6.87. The van der Waals surface area contributed by atoms with Gasteiger partial charge in [-0.25, -0.2) is 4.79 Å². The fraction of sp³-hybridized carbons (Fsp3) is 0.588. The van der Waals surface area contributed by atoms with Crippen molar-refractivity contribution in [1.82, 2.24) is 4.90 Å². The van der Waals surface area contributed by atoms with Gasteiger partial charge in [0.15, 0.2) is 0 Å². The van der Waals surface area contributed by atoms with Crippen LogP contribution in [0.5, 0.6) is 0 Å². The van der Waals surface area contributed by atoms with E-state index in [2.05, 4.69) is 17.0 Å². The summed E-state index contributed by atoms with van der Waals surface area (Å²) in [6.45, 7) is 10.7. The second-order valence-electron chi connectivity index (χ2n) is 6.87. The number of carbonyl (C=O) groups is 1. The molecule has 0 saturated carbocycles. The van der Waals surface area contributed by atoms with E-state index in [1.165, 1.54) is 0 Å². The topological polar surface area (TPSA) is 58.8 Å². The number of aryl methyl sites for hydroxylation is 1. The molecule has 0 spiro atoms. The first kappa shape index (κ1) is 16.5. The summed E-state index contributed by atoms with van der Waals surface area (Å²) in [7, 11) is 0.